The Morgan fingerprint density at radius 2 is 1.74 bits per heavy atom. The summed E-state index contributed by atoms with van der Waals surface area (Å²) in [6, 6.07) is -0.0863. The van der Waals surface area contributed by atoms with E-state index >= 15 is 0 Å². The molecule has 0 spiro atoms. The lowest BCUT2D eigenvalue weighted by molar-refractivity contribution is -0.190. The molecule has 0 bridgehead atoms. The van der Waals surface area contributed by atoms with Crippen LogP contribution in [0.15, 0.2) is 0 Å². The van der Waals surface area contributed by atoms with Gasteiger partial charge >= 0.3 is 11.9 Å². The van der Waals surface area contributed by atoms with Gasteiger partial charge in [0.25, 0.3) is 0 Å². The molecule has 6 nitrogen and oxygen atoms in total. The fraction of sp³-hybridized carbons (Fsp3) is 0.846. The van der Waals surface area contributed by atoms with Crippen LogP contribution in [0.4, 0.5) is 0 Å². The highest BCUT2D eigenvalue weighted by atomic mass is 16.7. The molecular weight excluding hydrogens is 250 g/mol. The predicted molar refractivity (Wildman–Crippen MR) is 66.0 cm³/mol. The standard InChI is InChI=1S/C13H21NO5/c1-17-12(15)10-9-7-5-3-4-6-8-14(9)19-11(10)13(16)18-2/h9-11H,3-8H2,1-2H3/t9-,10-,11+/m1/s1. The van der Waals surface area contributed by atoms with Crippen LogP contribution in [0.25, 0.3) is 0 Å². The summed E-state index contributed by atoms with van der Waals surface area (Å²) in [5, 5.41) is 1.78. The molecule has 2 rings (SSSR count). The zero-order chi connectivity index (χ0) is 13.8. The maximum Gasteiger partial charge on any atom is 0.338 e. The van der Waals surface area contributed by atoms with E-state index < -0.39 is 24.0 Å². The smallest absolute Gasteiger partial charge is 0.338 e. The highest BCUT2D eigenvalue weighted by molar-refractivity contribution is 5.84. The van der Waals surface area contributed by atoms with Gasteiger partial charge in [-0.05, 0) is 12.8 Å². The Labute approximate surface area is 112 Å². The van der Waals surface area contributed by atoms with E-state index in [0.717, 1.165) is 38.6 Å². The molecule has 0 aromatic carbocycles. The molecule has 2 aliphatic heterocycles. The third kappa shape index (κ3) is 2.90. The topological polar surface area (TPSA) is 65.1 Å². The number of rotatable bonds is 2. The number of nitrogens with zero attached hydrogens (tertiary/aromatic N) is 1. The first-order valence-corrected chi connectivity index (χ1v) is 6.78. The van der Waals surface area contributed by atoms with Crippen molar-refractivity contribution in [3.05, 3.63) is 0 Å². The molecule has 6 heteroatoms. The van der Waals surface area contributed by atoms with Crippen molar-refractivity contribution in [2.45, 2.75) is 44.2 Å². The number of ether oxygens (including phenoxy) is 2. The third-order valence-corrected chi connectivity index (χ3v) is 3.89. The van der Waals surface area contributed by atoms with E-state index in [4.69, 9.17) is 14.3 Å². The summed E-state index contributed by atoms with van der Waals surface area (Å²) < 4.78 is 9.56. The van der Waals surface area contributed by atoms with Gasteiger partial charge in [-0.3, -0.25) is 9.63 Å². The number of fused-ring (bicyclic) bond motifs is 1. The molecule has 0 unspecified atom stereocenters. The Morgan fingerprint density at radius 3 is 2.42 bits per heavy atom. The number of esters is 2. The van der Waals surface area contributed by atoms with Crippen LogP contribution in [0, 0.1) is 5.92 Å². The van der Waals surface area contributed by atoms with E-state index in [1.807, 2.05) is 0 Å². The summed E-state index contributed by atoms with van der Waals surface area (Å²) in [7, 11) is 2.64. The molecule has 0 N–H and O–H groups in total. The van der Waals surface area contributed by atoms with Gasteiger partial charge in [-0.2, -0.15) is 5.06 Å². The molecule has 0 radical (unpaired) electrons. The SMILES string of the molecule is COC(=O)[C@H]1[C@@H](C(=O)OC)ON2CCCCCC[C@H]12. The van der Waals surface area contributed by atoms with E-state index in [0.29, 0.717) is 0 Å². The number of carbonyl (C=O) groups excluding carboxylic acids is 2. The fourth-order valence-corrected chi connectivity index (χ4v) is 2.91. The monoisotopic (exact) mass is 271 g/mol. The summed E-state index contributed by atoms with van der Waals surface area (Å²) in [6.07, 6.45) is 4.32. The van der Waals surface area contributed by atoms with Crippen molar-refractivity contribution in [1.82, 2.24) is 5.06 Å². The van der Waals surface area contributed by atoms with Gasteiger partial charge in [0.15, 0.2) is 6.10 Å². The number of hydrogen-bond acceptors (Lipinski definition) is 6. The highest BCUT2D eigenvalue weighted by Crippen LogP contribution is 2.34. The maximum atomic E-state index is 12.0. The van der Waals surface area contributed by atoms with Gasteiger partial charge in [-0.25, -0.2) is 4.79 Å². The van der Waals surface area contributed by atoms with Crippen molar-refractivity contribution in [3.8, 4) is 0 Å². The second-order valence-corrected chi connectivity index (χ2v) is 5.01. The Balaban J connectivity index is 2.20. The molecule has 2 heterocycles. The minimum absolute atomic E-state index is 0.0863. The average Bonchev–Trinajstić information content (AvgIpc) is 2.74. The largest absolute Gasteiger partial charge is 0.469 e. The molecule has 2 aliphatic rings. The van der Waals surface area contributed by atoms with E-state index in [2.05, 4.69) is 0 Å². The molecule has 0 amide bonds. The zero-order valence-corrected chi connectivity index (χ0v) is 11.5. The number of carbonyl (C=O) groups is 2. The zero-order valence-electron chi connectivity index (χ0n) is 11.5. The van der Waals surface area contributed by atoms with Crippen LogP contribution in [0.2, 0.25) is 0 Å². The van der Waals surface area contributed by atoms with Gasteiger partial charge in [0, 0.05) is 6.54 Å². The number of methoxy groups -OCH3 is 2. The van der Waals surface area contributed by atoms with E-state index in [9.17, 15) is 9.59 Å². The van der Waals surface area contributed by atoms with Crippen LogP contribution in [-0.4, -0.2) is 49.9 Å². The second-order valence-electron chi connectivity index (χ2n) is 5.01. The Kier molecular flexibility index (Phi) is 4.76. The van der Waals surface area contributed by atoms with Crippen LogP contribution in [0.1, 0.15) is 32.1 Å². The average molecular weight is 271 g/mol. The first-order valence-electron chi connectivity index (χ1n) is 6.78. The van der Waals surface area contributed by atoms with Crippen molar-refractivity contribution in [2.75, 3.05) is 20.8 Å². The van der Waals surface area contributed by atoms with Crippen LogP contribution >= 0.6 is 0 Å². The van der Waals surface area contributed by atoms with Gasteiger partial charge in [-0.1, -0.05) is 19.3 Å². The third-order valence-electron chi connectivity index (χ3n) is 3.89. The lowest BCUT2D eigenvalue weighted by atomic mass is 9.89. The molecule has 0 saturated carbocycles. The van der Waals surface area contributed by atoms with Crippen LogP contribution < -0.4 is 0 Å². The van der Waals surface area contributed by atoms with E-state index in [1.54, 1.807) is 5.06 Å². The quantitative estimate of drug-likeness (QED) is 0.695. The lowest BCUT2D eigenvalue weighted by Gasteiger charge is -2.26. The number of hydroxylamine groups is 2. The van der Waals surface area contributed by atoms with Crippen molar-refractivity contribution in [2.24, 2.45) is 5.92 Å². The van der Waals surface area contributed by atoms with Gasteiger partial charge in [0.2, 0.25) is 0 Å². The molecule has 3 atom stereocenters. The molecule has 19 heavy (non-hydrogen) atoms. The van der Waals surface area contributed by atoms with Crippen molar-refractivity contribution >= 4 is 11.9 Å². The number of hydrogen-bond donors (Lipinski definition) is 0. The predicted octanol–water partition coefficient (Wildman–Crippen LogP) is 0.897. The maximum absolute atomic E-state index is 12.0. The van der Waals surface area contributed by atoms with Gasteiger partial charge in [-0.15, -0.1) is 0 Å². The minimum Gasteiger partial charge on any atom is -0.469 e. The molecule has 2 fully saturated rings. The van der Waals surface area contributed by atoms with Crippen LogP contribution in [-0.2, 0) is 23.9 Å². The van der Waals surface area contributed by atoms with Gasteiger partial charge in [0.05, 0.1) is 20.3 Å². The van der Waals surface area contributed by atoms with Crippen LogP contribution in [0.5, 0.6) is 0 Å². The molecule has 0 aromatic heterocycles. The highest BCUT2D eigenvalue weighted by Gasteiger charge is 2.51. The first-order chi connectivity index (χ1) is 9.19. The lowest BCUT2D eigenvalue weighted by Crippen LogP contribution is -2.40. The Morgan fingerprint density at radius 1 is 1.05 bits per heavy atom. The van der Waals surface area contributed by atoms with Crippen molar-refractivity contribution in [3.63, 3.8) is 0 Å². The van der Waals surface area contributed by atoms with Gasteiger partial charge < -0.3 is 9.47 Å². The van der Waals surface area contributed by atoms with Crippen LogP contribution in [0.3, 0.4) is 0 Å². The Hall–Kier alpha value is -1.14. The molecule has 0 aliphatic carbocycles. The summed E-state index contributed by atoms with van der Waals surface area (Å²) >= 11 is 0. The molecule has 108 valence electrons. The Bertz CT molecular complexity index is 346. The second kappa shape index (κ2) is 6.34. The van der Waals surface area contributed by atoms with Gasteiger partial charge in [0.1, 0.15) is 5.92 Å². The molecule has 0 aromatic rings. The summed E-state index contributed by atoms with van der Waals surface area (Å²) in [6.45, 7) is 0.742. The minimum atomic E-state index is -0.874. The summed E-state index contributed by atoms with van der Waals surface area (Å²) in [5.41, 5.74) is 0. The molecule has 2 saturated heterocycles. The van der Waals surface area contributed by atoms with E-state index in [-0.39, 0.29) is 6.04 Å². The summed E-state index contributed by atoms with van der Waals surface area (Å²) in [5.74, 6) is -1.50. The van der Waals surface area contributed by atoms with Crippen molar-refractivity contribution < 1.29 is 23.9 Å². The van der Waals surface area contributed by atoms with E-state index in [1.165, 1.54) is 14.2 Å². The first kappa shape index (κ1) is 14.3. The fourth-order valence-electron chi connectivity index (χ4n) is 2.91. The summed E-state index contributed by atoms with van der Waals surface area (Å²) in [4.78, 5) is 29.4. The van der Waals surface area contributed by atoms with Crippen molar-refractivity contribution in [1.29, 1.82) is 0 Å². The molecular formula is C13H21NO5. The normalized spacial score (nSPS) is 32.0.